The van der Waals surface area contributed by atoms with Crippen LogP contribution < -0.4 is 33.9 Å². The van der Waals surface area contributed by atoms with Gasteiger partial charge in [0.25, 0.3) is 0 Å². The molecule has 0 unspecified atom stereocenters. The van der Waals surface area contributed by atoms with Gasteiger partial charge in [-0.2, -0.15) is 0 Å². The second kappa shape index (κ2) is 10.7. The summed E-state index contributed by atoms with van der Waals surface area (Å²) in [7, 11) is -8.87. The van der Waals surface area contributed by atoms with E-state index in [0.29, 0.717) is 27.1 Å². The number of aryl methyl sites for hydroxylation is 3. The number of aromatic amines is 1. The van der Waals surface area contributed by atoms with Crippen LogP contribution in [-0.2, 0) is 10.0 Å². The first-order valence-corrected chi connectivity index (χ1v) is 13.6. The Labute approximate surface area is 219 Å². The number of nitrogens with zero attached hydrogens (tertiary/aromatic N) is 1. The predicted molar refractivity (Wildman–Crippen MR) is 125 cm³/mol. The van der Waals surface area contributed by atoms with Crippen molar-refractivity contribution >= 4 is 38.4 Å². The van der Waals surface area contributed by atoms with Crippen molar-refractivity contribution in [1.82, 2.24) is 4.98 Å². The molecule has 0 spiro atoms. The number of halogens is 2. The number of sulfonamides is 1. The smallest absolute Gasteiger partial charge is 0.322 e. The number of nitrogens with one attached hydrogen (secondary N) is 2. The molecule has 1 amide bonds. The number of amides is 1. The van der Waals surface area contributed by atoms with Crippen molar-refractivity contribution < 1.29 is 46.8 Å². The van der Waals surface area contributed by atoms with E-state index in [1.807, 2.05) is 39.0 Å². The van der Waals surface area contributed by atoms with Crippen molar-refractivity contribution in [1.29, 1.82) is 0 Å². The monoisotopic (exact) mass is 568 g/mol. The summed E-state index contributed by atoms with van der Waals surface area (Å²) in [5.74, 6) is -0.381. The Kier molecular flexibility index (Phi) is 8.27. The van der Waals surface area contributed by atoms with E-state index in [2.05, 4.69) is 10.4 Å². The largest absolute Gasteiger partial charge is 0.350 e. The lowest BCUT2D eigenvalue weighted by molar-refractivity contribution is -2.00. The fourth-order valence-electron chi connectivity index (χ4n) is 3.90. The summed E-state index contributed by atoms with van der Waals surface area (Å²) in [5.41, 5.74) is 7.83. The summed E-state index contributed by atoms with van der Waals surface area (Å²) in [6, 6.07) is 15.4. The summed E-state index contributed by atoms with van der Waals surface area (Å²) in [5, 5.41) is 6.37. The van der Waals surface area contributed by atoms with Gasteiger partial charge in [0, 0.05) is 47.5 Å². The van der Waals surface area contributed by atoms with Crippen molar-refractivity contribution in [3.05, 3.63) is 82.3 Å². The Hall–Kier alpha value is -3.07. The molecule has 14 heteroatoms. The molecule has 2 aromatic heterocycles. The number of hydrogen-bond donors (Lipinski definition) is 3. The summed E-state index contributed by atoms with van der Waals surface area (Å²) in [6.07, 6.45) is 0. The first-order chi connectivity index (χ1) is 17.0. The van der Waals surface area contributed by atoms with Crippen molar-refractivity contribution in [2.24, 2.45) is 5.14 Å². The third-order valence-electron chi connectivity index (χ3n) is 5.23. The van der Waals surface area contributed by atoms with Crippen LogP contribution in [0.15, 0.2) is 59.5 Å². The standard InChI is InChI=1S/C23H21ClN4O3S.ClHO4/c1-13-9-14(2)28(15(3)10-13)27-23(29)22-21(16-5-4-6-17(24)11-16)19-12-18(32(25,30)31)7-8-20(19)26-22;2-1(3,4)5/h4-12H,1-3H3,(H3-,25,26,27,29,30,31);(H,2,3,4,5). The van der Waals surface area contributed by atoms with Crippen molar-refractivity contribution in [3.8, 4) is 11.1 Å². The molecule has 4 rings (SSSR count). The molecule has 2 aromatic carbocycles. The van der Waals surface area contributed by atoms with Crippen LogP contribution in [0.5, 0.6) is 0 Å². The number of hydrogen-bond acceptors (Lipinski definition) is 7. The van der Waals surface area contributed by atoms with Gasteiger partial charge < -0.3 is 4.98 Å². The molecule has 2 heterocycles. The number of rotatable bonds is 4. The maximum absolute atomic E-state index is 13.4. The van der Waals surface area contributed by atoms with Gasteiger partial charge in [0.05, 0.1) is 4.90 Å². The third-order valence-corrected chi connectivity index (χ3v) is 6.38. The van der Waals surface area contributed by atoms with E-state index in [9.17, 15) is 13.2 Å². The predicted octanol–water partition coefficient (Wildman–Crippen LogP) is -1.02. The van der Waals surface area contributed by atoms with Gasteiger partial charge in [0.2, 0.25) is 21.4 Å². The Morgan fingerprint density at radius 2 is 1.59 bits per heavy atom. The minimum Gasteiger partial charge on any atom is -0.350 e. The van der Waals surface area contributed by atoms with Gasteiger partial charge in [-0.05, 0) is 48.4 Å². The Morgan fingerprint density at radius 1 is 1.00 bits per heavy atom. The highest BCUT2D eigenvalue weighted by Gasteiger charge is 2.25. The van der Waals surface area contributed by atoms with Gasteiger partial charge in [-0.25, -0.2) is 32.2 Å². The summed E-state index contributed by atoms with van der Waals surface area (Å²) in [6.45, 7) is 5.80. The maximum Gasteiger partial charge on any atom is 0.322 e. The minimum absolute atomic E-state index is 0.0427. The maximum atomic E-state index is 13.4. The number of pyridine rings is 1. The number of nitrogens with two attached hydrogens (primary N) is 1. The molecule has 0 fully saturated rings. The molecular formula is C23H22Cl2N4O7S. The second-order valence-electron chi connectivity index (χ2n) is 8.11. The zero-order valence-corrected chi connectivity index (χ0v) is 22.1. The van der Waals surface area contributed by atoms with Gasteiger partial charge in [-0.15, -0.1) is 15.7 Å². The topological polar surface area (TPSA) is 201 Å². The van der Waals surface area contributed by atoms with Crippen LogP contribution in [0.25, 0.3) is 22.0 Å². The average Bonchev–Trinajstić information content (AvgIpc) is 3.13. The number of carbonyl (C=O) groups excluding carboxylic acids is 1. The lowest BCUT2D eigenvalue weighted by Crippen LogP contribution is -2.68. The molecule has 0 aliphatic carbocycles. The zero-order chi connectivity index (χ0) is 27.7. The minimum atomic E-state index is -4.94. The first kappa shape index (κ1) is 28.5. The molecule has 0 atom stereocenters. The number of benzene rings is 2. The highest BCUT2D eigenvalue weighted by Crippen LogP contribution is 2.35. The summed E-state index contributed by atoms with van der Waals surface area (Å²) < 4.78 is 59.5. The van der Waals surface area contributed by atoms with Crippen LogP contribution in [-0.4, -0.2) is 19.3 Å². The van der Waals surface area contributed by atoms with Gasteiger partial charge >= 0.3 is 5.91 Å². The molecular weight excluding hydrogens is 547 g/mol. The van der Waals surface area contributed by atoms with Crippen molar-refractivity contribution in [2.45, 2.75) is 25.7 Å². The average molecular weight is 569 g/mol. The van der Waals surface area contributed by atoms with Gasteiger partial charge in [-0.1, -0.05) is 28.4 Å². The van der Waals surface area contributed by atoms with Crippen LogP contribution in [0.3, 0.4) is 0 Å². The molecule has 0 saturated heterocycles. The van der Waals surface area contributed by atoms with Crippen LogP contribution in [0.1, 0.15) is 27.4 Å². The van der Waals surface area contributed by atoms with E-state index in [-0.39, 0.29) is 16.5 Å². The number of aromatic nitrogens is 2. The van der Waals surface area contributed by atoms with Crippen LogP contribution in [0, 0.1) is 31.0 Å². The Balaban J connectivity index is 0.000000695. The molecule has 11 nitrogen and oxygen atoms in total. The normalized spacial score (nSPS) is 11.7. The molecule has 0 aliphatic heterocycles. The van der Waals surface area contributed by atoms with Gasteiger partial charge in [0.15, 0.2) is 0 Å². The van der Waals surface area contributed by atoms with Gasteiger partial charge in [-0.3, -0.25) is 4.79 Å². The Morgan fingerprint density at radius 3 is 2.14 bits per heavy atom. The van der Waals surface area contributed by atoms with E-state index >= 15 is 0 Å². The quantitative estimate of drug-likeness (QED) is 0.261. The lowest BCUT2D eigenvalue weighted by atomic mass is 10.0. The lowest BCUT2D eigenvalue weighted by Gasteiger charge is -2.17. The fraction of sp³-hybridized carbons (Fsp3) is 0.130. The number of H-pyrrole nitrogens is 1. The molecule has 0 aliphatic rings. The van der Waals surface area contributed by atoms with Crippen LogP contribution in [0.4, 0.5) is 0 Å². The SMILES string of the molecule is Cc1cc(C)[n+](NC(=O)c2[nH]c3ccc(S(N)(=O)=O)cc3c2-c2cccc(Cl)c2)c(C)c1.[O-][Cl+3]([O-])([O-])[O-]. The fourth-order valence-corrected chi connectivity index (χ4v) is 4.63. The molecule has 0 bridgehead atoms. The third kappa shape index (κ3) is 7.25. The van der Waals surface area contributed by atoms with Crippen LogP contribution >= 0.6 is 11.6 Å². The Bertz CT molecular complexity index is 1570. The second-order valence-corrected chi connectivity index (χ2v) is 10.9. The molecule has 0 radical (unpaired) electrons. The molecule has 37 heavy (non-hydrogen) atoms. The van der Waals surface area contributed by atoms with E-state index in [1.165, 1.54) is 12.1 Å². The van der Waals surface area contributed by atoms with E-state index in [4.69, 9.17) is 35.4 Å². The van der Waals surface area contributed by atoms with Crippen molar-refractivity contribution in [3.63, 3.8) is 0 Å². The highest BCUT2D eigenvalue weighted by atomic mass is 35.7. The summed E-state index contributed by atoms with van der Waals surface area (Å²) in [4.78, 5) is 16.5. The zero-order valence-electron chi connectivity index (χ0n) is 19.7. The van der Waals surface area contributed by atoms with Crippen molar-refractivity contribution in [2.75, 3.05) is 5.43 Å². The summed E-state index contributed by atoms with van der Waals surface area (Å²) >= 11 is 6.20. The van der Waals surface area contributed by atoms with E-state index < -0.39 is 20.3 Å². The molecule has 4 aromatic rings. The highest BCUT2D eigenvalue weighted by molar-refractivity contribution is 7.89. The van der Waals surface area contributed by atoms with Gasteiger partial charge in [0.1, 0.15) is 5.69 Å². The molecule has 4 N–H and O–H groups in total. The first-order valence-electron chi connectivity index (χ1n) is 10.4. The number of primary sulfonamides is 1. The van der Waals surface area contributed by atoms with Crippen LogP contribution in [0.2, 0.25) is 5.02 Å². The number of fused-ring (bicyclic) bond motifs is 1. The molecule has 0 saturated carbocycles. The molecule has 196 valence electrons. The van der Waals surface area contributed by atoms with E-state index in [1.54, 1.807) is 28.9 Å². The van der Waals surface area contributed by atoms with E-state index in [0.717, 1.165) is 17.0 Å². The number of carbonyl (C=O) groups is 1.